The van der Waals surface area contributed by atoms with E-state index in [-0.39, 0.29) is 12.5 Å². The fourth-order valence-corrected chi connectivity index (χ4v) is 2.39. The van der Waals surface area contributed by atoms with E-state index in [0.717, 1.165) is 12.0 Å². The maximum Gasteiger partial charge on any atom is 0.249 e. The molecule has 0 saturated heterocycles. The highest BCUT2D eigenvalue weighted by Crippen LogP contribution is 2.28. The van der Waals surface area contributed by atoms with Crippen molar-refractivity contribution in [2.24, 2.45) is 0 Å². The van der Waals surface area contributed by atoms with Crippen LogP contribution in [0.5, 0.6) is 5.88 Å². The van der Waals surface area contributed by atoms with Gasteiger partial charge in [-0.15, -0.1) is 0 Å². The van der Waals surface area contributed by atoms with E-state index in [1.165, 1.54) is 10.9 Å². The van der Waals surface area contributed by atoms with Gasteiger partial charge in [-0.05, 0) is 18.1 Å². The number of methoxy groups -OCH3 is 1. The molecule has 0 aliphatic carbocycles. The molecular weight excluding hydrogens is 280 g/mol. The summed E-state index contributed by atoms with van der Waals surface area (Å²) >= 11 is 5.79. The molecule has 1 aliphatic rings. The maximum atomic E-state index is 12.3. The fraction of sp³-hybridized carbons (Fsp3) is 0.308. The molecule has 3 heterocycles. The van der Waals surface area contributed by atoms with Gasteiger partial charge in [0.25, 0.3) is 0 Å². The summed E-state index contributed by atoms with van der Waals surface area (Å²) in [7, 11) is 1.56. The lowest BCUT2D eigenvalue weighted by atomic mass is 10.2. The summed E-state index contributed by atoms with van der Waals surface area (Å²) < 4.78 is 6.62. The number of ether oxygens (including phenoxy) is 1. The molecule has 6 nitrogen and oxygen atoms in total. The Morgan fingerprint density at radius 2 is 2.35 bits per heavy atom. The van der Waals surface area contributed by atoms with Gasteiger partial charge in [0.15, 0.2) is 0 Å². The Morgan fingerprint density at radius 1 is 1.50 bits per heavy atom. The monoisotopic (exact) mass is 292 g/mol. The summed E-state index contributed by atoms with van der Waals surface area (Å²) in [5.41, 5.74) is 1.05. The van der Waals surface area contributed by atoms with Gasteiger partial charge in [0.05, 0.1) is 18.3 Å². The van der Waals surface area contributed by atoms with Gasteiger partial charge in [0, 0.05) is 18.8 Å². The van der Waals surface area contributed by atoms with Gasteiger partial charge in [-0.1, -0.05) is 11.6 Å². The lowest BCUT2D eigenvalue weighted by molar-refractivity contribution is -0.119. The topological polar surface area (TPSA) is 60.2 Å². The zero-order chi connectivity index (χ0) is 14.1. The second kappa shape index (κ2) is 5.13. The van der Waals surface area contributed by atoms with E-state index in [1.54, 1.807) is 24.3 Å². The van der Waals surface area contributed by atoms with Crippen molar-refractivity contribution in [3.63, 3.8) is 0 Å². The summed E-state index contributed by atoms with van der Waals surface area (Å²) in [5.74, 6) is 1.11. The van der Waals surface area contributed by atoms with Gasteiger partial charge in [0.1, 0.15) is 12.4 Å². The molecule has 1 amide bonds. The minimum atomic E-state index is -0.0655. The van der Waals surface area contributed by atoms with Gasteiger partial charge in [-0.3, -0.25) is 14.4 Å². The second-order valence-electron chi connectivity index (χ2n) is 4.49. The van der Waals surface area contributed by atoms with Crippen molar-refractivity contribution in [1.29, 1.82) is 0 Å². The third-order valence-corrected chi connectivity index (χ3v) is 3.40. The molecule has 0 saturated carbocycles. The molecule has 0 fully saturated rings. The molecule has 0 atom stereocenters. The molecule has 0 N–H and O–H groups in total. The Morgan fingerprint density at radius 3 is 3.05 bits per heavy atom. The molecule has 3 rings (SSSR count). The molecule has 0 unspecified atom stereocenters. The Hall–Kier alpha value is -2.08. The van der Waals surface area contributed by atoms with Crippen molar-refractivity contribution in [3.8, 4) is 5.88 Å². The first kappa shape index (κ1) is 12.9. The molecule has 7 heteroatoms. The van der Waals surface area contributed by atoms with E-state index in [2.05, 4.69) is 10.1 Å². The van der Waals surface area contributed by atoms with Crippen molar-refractivity contribution in [1.82, 2.24) is 14.8 Å². The number of nitrogens with zero attached hydrogens (tertiary/aromatic N) is 4. The van der Waals surface area contributed by atoms with Crippen LogP contribution < -0.4 is 9.64 Å². The number of amides is 1. The normalized spacial score (nSPS) is 13.4. The van der Waals surface area contributed by atoms with E-state index < -0.39 is 0 Å². The van der Waals surface area contributed by atoms with Crippen LogP contribution in [0.25, 0.3) is 0 Å². The minimum absolute atomic E-state index is 0.0655. The van der Waals surface area contributed by atoms with Crippen LogP contribution in [0, 0.1) is 0 Å². The molecule has 0 spiro atoms. The highest BCUT2D eigenvalue weighted by atomic mass is 35.5. The van der Waals surface area contributed by atoms with Crippen molar-refractivity contribution < 1.29 is 9.53 Å². The zero-order valence-corrected chi connectivity index (χ0v) is 11.7. The van der Waals surface area contributed by atoms with Gasteiger partial charge in [0.2, 0.25) is 11.8 Å². The van der Waals surface area contributed by atoms with E-state index in [1.807, 2.05) is 6.07 Å². The maximum absolute atomic E-state index is 12.3. The Bertz CT molecular complexity index is 656. The molecule has 20 heavy (non-hydrogen) atoms. The van der Waals surface area contributed by atoms with E-state index in [4.69, 9.17) is 16.3 Å². The van der Waals surface area contributed by atoms with Crippen molar-refractivity contribution >= 4 is 23.3 Å². The standard InChI is InChI=1S/C13H13ClN4O2/c1-20-11-3-2-9-4-5-18(13(9)16-11)12(19)8-17-7-10(14)6-15-17/h2-3,6-7H,4-5,8H2,1H3. The zero-order valence-electron chi connectivity index (χ0n) is 10.9. The van der Waals surface area contributed by atoms with Gasteiger partial charge in [-0.2, -0.15) is 10.1 Å². The Labute approximate surface area is 120 Å². The smallest absolute Gasteiger partial charge is 0.249 e. The summed E-state index contributed by atoms with van der Waals surface area (Å²) in [4.78, 5) is 18.3. The van der Waals surface area contributed by atoms with Crippen molar-refractivity contribution in [3.05, 3.63) is 35.1 Å². The van der Waals surface area contributed by atoms with E-state index >= 15 is 0 Å². The van der Waals surface area contributed by atoms with Crippen LogP contribution in [0.2, 0.25) is 5.02 Å². The number of anilines is 1. The summed E-state index contributed by atoms with van der Waals surface area (Å²) in [6, 6.07) is 3.75. The van der Waals surface area contributed by atoms with Crippen molar-refractivity contribution in [2.75, 3.05) is 18.6 Å². The van der Waals surface area contributed by atoms with Gasteiger partial charge in [-0.25, -0.2) is 0 Å². The average Bonchev–Trinajstić information content (AvgIpc) is 3.04. The number of aromatic nitrogens is 3. The lowest BCUT2D eigenvalue weighted by Crippen LogP contribution is -2.32. The molecule has 0 radical (unpaired) electrons. The van der Waals surface area contributed by atoms with E-state index in [9.17, 15) is 4.79 Å². The van der Waals surface area contributed by atoms with Crippen LogP contribution in [0.4, 0.5) is 5.82 Å². The lowest BCUT2D eigenvalue weighted by Gasteiger charge is -2.16. The largest absolute Gasteiger partial charge is 0.481 e. The Balaban J connectivity index is 1.81. The van der Waals surface area contributed by atoms with Crippen LogP contribution >= 0.6 is 11.6 Å². The third-order valence-electron chi connectivity index (χ3n) is 3.20. The first-order chi connectivity index (χ1) is 9.67. The molecule has 104 valence electrons. The molecule has 2 aromatic rings. The molecule has 0 bridgehead atoms. The molecular formula is C13H13ClN4O2. The average molecular weight is 293 g/mol. The highest BCUT2D eigenvalue weighted by molar-refractivity contribution is 6.30. The summed E-state index contributed by atoms with van der Waals surface area (Å²) in [6.45, 7) is 0.772. The minimum Gasteiger partial charge on any atom is -0.481 e. The van der Waals surface area contributed by atoms with E-state index in [0.29, 0.717) is 23.3 Å². The van der Waals surface area contributed by atoms with Crippen LogP contribution in [0.15, 0.2) is 24.5 Å². The number of hydrogen-bond donors (Lipinski definition) is 0. The van der Waals surface area contributed by atoms with Crippen LogP contribution in [-0.4, -0.2) is 34.3 Å². The number of halogens is 1. The number of rotatable bonds is 3. The van der Waals surface area contributed by atoms with Crippen LogP contribution in [0.3, 0.4) is 0 Å². The van der Waals surface area contributed by atoms with Gasteiger partial charge < -0.3 is 4.74 Å². The van der Waals surface area contributed by atoms with Crippen LogP contribution in [0.1, 0.15) is 5.56 Å². The predicted molar refractivity (Wildman–Crippen MR) is 74.1 cm³/mol. The van der Waals surface area contributed by atoms with Crippen LogP contribution in [-0.2, 0) is 17.8 Å². The fourth-order valence-electron chi connectivity index (χ4n) is 2.23. The highest BCUT2D eigenvalue weighted by Gasteiger charge is 2.26. The first-order valence-corrected chi connectivity index (χ1v) is 6.57. The first-order valence-electron chi connectivity index (χ1n) is 6.19. The van der Waals surface area contributed by atoms with Crippen molar-refractivity contribution in [2.45, 2.75) is 13.0 Å². The SMILES string of the molecule is COc1ccc2c(n1)N(C(=O)Cn1cc(Cl)cn1)CC2. The number of pyridine rings is 1. The predicted octanol–water partition coefficient (Wildman–Crippen LogP) is 1.53. The number of fused-ring (bicyclic) bond motifs is 1. The number of carbonyl (C=O) groups excluding carboxylic acids is 1. The number of hydrogen-bond acceptors (Lipinski definition) is 4. The molecule has 1 aliphatic heterocycles. The summed E-state index contributed by atoms with van der Waals surface area (Å²) in [6.07, 6.45) is 3.93. The molecule has 0 aromatic carbocycles. The molecule has 2 aromatic heterocycles. The number of carbonyl (C=O) groups is 1. The summed E-state index contributed by atoms with van der Waals surface area (Å²) in [5, 5.41) is 4.52. The second-order valence-corrected chi connectivity index (χ2v) is 4.92. The quantitative estimate of drug-likeness (QED) is 0.861. The van der Waals surface area contributed by atoms with Gasteiger partial charge >= 0.3 is 0 Å². The third kappa shape index (κ3) is 2.34. The Kier molecular flexibility index (Phi) is 3.31.